The van der Waals surface area contributed by atoms with Crippen molar-refractivity contribution >= 4 is 11.6 Å². The SMILES string of the molecule is Cc1ccc(-c2nc(N)nc3c(CC4CCC4)cnn23)o1. The smallest absolute Gasteiger partial charge is 0.224 e. The van der Waals surface area contributed by atoms with Crippen LogP contribution in [0, 0.1) is 12.8 Å². The fourth-order valence-electron chi connectivity index (χ4n) is 2.81. The Morgan fingerprint density at radius 2 is 2.19 bits per heavy atom. The number of hydrogen-bond donors (Lipinski definition) is 1. The highest BCUT2D eigenvalue weighted by molar-refractivity contribution is 5.58. The molecule has 0 atom stereocenters. The third kappa shape index (κ3) is 2.07. The fourth-order valence-corrected chi connectivity index (χ4v) is 2.81. The summed E-state index contributed by atoms with van der Waals surface area (Å²) < 4.78 is 7.37. The summed E-state index contributed by atoms with van der Waals surface area (Å²) in [7, 11) is 0. The van der Waals surface area contributed by atoms with E-state index in [4.69, 9.17) is 10.2 Å². The van der Waals surface area contributed by atoms with Crippen LogP contribution in [0.4, 0.5) is 5.95 Å². The van der Waals surface area contributed by atoms with Gasteiger partial charge >= 0.3 is 0 Å². The van der Waals surface area contributed by atoms with Gasteiger partial charge in [0.25, 0.3) is 0 Å². The van der Waals surface area contributed by atoms with Crippen LogP contribution in [0.5, 0.6) is 0 Å². The molecule has 108 valence electrons. The van der Waals surface area contributed by atoms with E-state index in [1.54, 1.807) is 4.52 Å². The van der Waals surface area contributed by atoms with E-state index in [9.17, 15) is 0 Å². The van der Waals surface area contributed by atoms with Crippen LogP contribution in [0.3, 0.4) is 0 Å². The lowest BCUT2D eigenvalue weighted by Crippen LogP contribution is -2.14. The molecule has 6 heteroatoms. The Labute approximate surface area is 122 Å². The number of hydrogen-bond acceptors (Lipinski definition) is 5. The number of aromatic nitrogens is 4. The monoisotopic (exact) mass is 283 g/mol. The van der Waals surface area contributed by atoms with E-state index in [1.807, 2.05) is 25.3 Å². The molecule has 1 saturated carbocycles. The lowest BCUT2D eigenvalue weighted by Gasteiger charge is -2.24. The first-order valence-electron chi connectivity index (χ1n) is 7.27. The Morgan fingerprint density at radius 1 is 1.33 bits per heavy atom. The predicted molar refractivity (Wildman–Crippen MR) is 78.7 cm³/mol. The predicted octanol–water partition coefficient (Wildman–Crippen LogP) is 2.62. The van der Waals surface area contributed by atoms with E-state index >= 15 is 0 Å². The van der Waals surface area contributed by atoms with Gasteiger partial charge in [-0.25, -0.2) is 0 Å². The van der Waals surface area contributed by atoms with Crippen molar-refractivity contribution in [1.29, 1.82) is 0 Å². The molecule has 6 nitrogen and oxygen atoms in total. The normalized spacial score (nSPS) is 15.5. The molecule has 0 spiro atoms. The molecular weight excluding hydrogens is 266 g/mol. The molecule has 0 amide bonds. The summed E-state index contributed by atoms with van der Waals surface area (Å²) in [4.78, 5) is 8.65. The Balaban J connectivity index is 1.83. The Hall–Kier alpha value is -2.37. The van der Waals surface area contributed by atoms with Crippen molar-refractivity contribution in [2.24, 2.45) is 5.92 Å². The van der Waals surface area contributed by atoms with Crippen LogP contribution in [0.25, 0.3) is 17.2 Å². The molecule has 3 aromatic heterocycles. The van der Waals surface area contributed by atoms with Gasteiger partial charge in [0.2, 0.25) is 11.8 Å². The van der Waals surface area contributed by atoms with Gasteiger partial charge in [0.05, 0.1) is 6.20 Å². The summed E-state index contributed by atoms with van der Waals surface area (Å²) in [6.45, 7) is 1.90. The van der Waals surface area contributed by atoms with Gasteiger partial charge in [-0.1, -0.05) is 19.3 Å². The molecule has 1 aliphatic carbocycles. The molecule has 0 aromatic carbocycles. The van der Waals surface area contributed by atoms with Crippen LogP contribution in [-0.4, -0.2) is 19.6 Å². The van der Waals surface area contributed by atoms with Crippen LogP contribution in [0.15, 0.2) is 22.7 Å². The van der Waals surface area contributed by atoms with Gasteiger partial charge in [-0.15, -0.1) is 0 Å². The Bertz CT molecular complexity index is 800. The van der Waals surface area contributed by atoms with Gasteiger partial charge in [0.1, 0.15) is 5.76 Å². The minimum Gasteiger partial charge on any atom is -0.458 e. The standard InChI is InChI=1S/C15H17N5O/c1-9-5-6-12(21-9)14-19-15(16)18-13-11(8-17-20(13)14)7-10-3-2-4-10/h5-6,8,10H,2-4,7H2,1H3,(H2,16,18). The number of nitrogen functional groups attached to an aromatic ring is 1. The van der Waals surface area contributed by atoms with E-state index in [1.165, 1.54) is 19.3 Å². The highest BCUT2D eigenvalue weighted by Crippen LogP contribution is 2.31. The van der Waals surface area contributed by atoms with E-state index in [-0.39, 0.29) is 5.95 Å². The average Bonchev–Trinajstić information content (AvgIpc) is 3.00. The largest absolute Gasteiger partial charge is 0.458 e. The number of fused-ring (bicyclic) bond motifs is 1. The molecule has 0 radical (unpaired) electrons. The maximum atomic E-state index is 5.87. The summed E-state index contributed by atoms with van der Waals surface area (Å²) >= 11 is 0. The molecule has 21 heavy (non-hydrogen) atoms. The van der Waals surface area contributed by atoms with Gasteiger partial charge in [-0.2, -0.15) is 19.6 Å². The second-order valence-electron chi connectivity index (χ2n) is 5.72. The maximum absolute atomic E-state index is 5.87. The van der Waals surface area contributed by atoms with Crippen LogP contribution in [0.2, 0.25) is 0 Å². The second kappa shape index (κ2) is 4.58. The van der Waals surface area contributed by atoms with Gasteiger partial charge in [0, 0.05) is 5.56 Å². The Morgan fingerprint density at radius 3 is 2.86 bits per heavy atom. The quantitative estimate of drug-likeness (QED) is 0.799. The van der Waals surface area contributed by atoms with E-state index < -0.39 is 0 Å². The third-order valence-electron chi connectivity index (χ3n) is 4.15. The summed E-state index contributed by atoms with van der Waals surface area (Å²) in [5.41, 5.74) is 7.80. The van der Waals surface area contributed by atoms with Crippen LogP contribution < -0.4 is 5.73 Å². The van der Waals surface area contributed by atoms with Gasteiger partial charge in [-0.3, -0.25) is 0 Å². The average molecular weight is 283 g/mol. The van der Waals surface area contributed by atoms with Crippen LogP contribution in [0.1, 0.15) is 30.6 Å². The first-order valence-corrected chi connectivity index (χ1v) is 7.27. The number of anilines is 1. The van der Waals surface area contributed by atoms with Gasteiger partial charge < -0.3 is 10.2 Å². The topological polar surface area (TPSA) is 82.2 Å². The lowest BCUT2D eigenvalue weighted by molar-refractivity contribution is 0.315. The second-order valence-corrected chi connectivity index (χ2v) is 5.72. The van der Waals surface area contributed by atoms with Crippen molar-refractivity contribution in [3.05, 3.63) is 29.7 Å². The molecule has 0 saturated heterocycles. The zero-order chi connectivity index (χ0) is 14.4. The molecule has 0 bridgehead atoms. The van der Waals surface area contributed by atoms with Gasteiger partial charge in [0.15, 0.2) is 11.4 Å². The lowest BCUT2D eigenvalue weighted by atomic mass is 9.81. The van der Waals surface area contributed by atoms with Crippen molar-refractivity contribution < 1.29 is 4.42 Å². The van der Waals surface area contributed by atoms with Crippen molar-refractivity contribution in [1.82, 2.24) is 19.6 Å². The zero-order valence-corrected chi connectivity index (χ0v) is 11.9. The maximum Gasteiger partial charge on any atom is 0.224 e. The number of aryl methyl sites for hydroxylation is 1. The zero-order valence-electron chi connectivity index (χ0n) is 11.9. The van der Waals surface area contributed by atoms with Crippen molar-refractivity contribution in [2.75, 3.05) is 5.73 Å². The van der Waals surface area contributed by atoms with E-state index in [0.717, 1.165) is 29.3 Å². The first kappa shape index (κ1) is 12.4. The minimum atomic E-state index is 0.252. The Kier molecular flexibility index (Phi) is 2.70. The van der Waals surface area contributed by atoms with E-state index in [0.29, 0.717) is 11.6 Å². The number of nitrogens with zero attached hydrogens (tertiary/aromatic N) is 4. The minimum absolute atomic E-state index is 0.252. The molecule has 1 aliphatic rings. The summed E-state index contributed by atoms with van der Waals surface area (Å²) in [5, 5.41) is 4.43. The summed E-state index contributed by atoms with van der Waals surface area (Å²) in [6, 6.07) is 3.78. The molecule has 3 aromatic rings. The van der Waals surface area contributed by atoms with Crippen LogP contribution >= 0.6 is 0 Å². The van der Waals surface area contributed by atoms with E-state index in [2.05, 4.69) is 15.1 Å². The third-order valence-corrected chi connectivity index (χ3v) is 4.15. The highest BCUT2D eigenvalue weighted by Gasteiger charge is 2.22. The fraction of sp³-hybridized carbons (Fsp3) is 0.400. The van der Waals surface area contributed by atoms with Gasteiger partial charge in [-0.05, 0) is 31.4 Å². The summed E-state index contributed by atoms with van der Waals surface area (Å²) in [5.74, 6) is 3.10. The van der Waals surface area contributed by atoms with Crippen molar-refractivity contribution in [3.63, 3.8) is 0 Å². The number of furan rings is 1. The first-order chi connectivity index (χ1) is 10.2. The summed E-state index contributed by atoms with van der Waals surface area (Å²) in [6.07, 6.45) is 6.81. The highest BCUT2D eigenvalue weighted by atomic mass is 16.3. The van der Waals surface area contributed by atoms with Crippen LogP contribution in [-0.2, 0) is 6.42 Å². The number of nitrogens with two attached hydrogens (primary N) is 1. The molecule has 3 heterocycles. The molecule has 1 fully saturated rings. The molecule has 4 rings (SSSR count). The molecule has 0 unspecified atom stereocenters. The number of rotatable bonds is 3. The van der Waals surface area contributed by atoms with Crippen molar-refractivity contribution in [2.45, 2.75) is 32.6 Å². The molecule has 0 aliphatic heterocycles. The molecule has 2 N–H and O–H groups in total. The van der Waals surface area contributed by atoms with Crippen molar-refractivity contribution in [3.8, 4) is 11.6 Å². The molecular formula is C15H17N5O.